The molecule has 0 spiro atoms. The molecule has 0 saturated heterocycles. The van der Waals surface area contributed by atoms with Crippen LogP contribution in [0, 0.1) is 0 Å². The maximum atomic E-state index is 11.9. The molecule has 0 saturated carbocycles. The van der Waals surface area contributed by atoms with E-state index in [-0.39, 0.29) is 18.1 Å². The molecule has 1 aliphatic rings. The fraction of sp³-hybridized carbons (Fsp3) is 0.375. The topological polar surface area (TPSA) is 86.1 Å². The lowest BCUT2D eigenvalue weighted by Gasteiger charge is -2.09. The molecule has 1 aliphatic carbocycles. The molecule has 0 atom stereocenters. The highest BCUT2D eigenvalue weighted by molar-refractivity contribution is 5.77. The largest absolute Gasteiger partial charge is 0.482 e. The molecule has 120 valence electrons. The van der Waals surface area contributed by atoms with Crippen molar-refractivity contribution in [1.82, 2.24) is 20.1 Å². The van der Waals surface area contributed by atoms with Crippen molar-refractivity contribution in [3.05, 3.63) is 52.2 Å². The lowest BCUT2D eigenvalue weighted by molar-refractivity contribution is -0.123. The van der Waals surface area contributed by atoms with Crippen LogP contribution in [0.1, 0.15) is 17.7 Å². The summed E-state index contributed by atoms with van der Waals surface area (Å²) in [5.74, 6) is 0.294. The van der Waals surface area contributed by atoms with Crippen LogP contribution in [0.25, 0.3) is 0 Å². The minimum atomic E-state index is -0.247. The first-order valence-electron chi connectivity index (χ1n) is 7.62. The molecule has 0 aromatic carbocycles. The van der Waals surface area contributed by atoms with E-state index >= 15 is 0 Å². The Hall–Kier alpha value is -2.70. The Labute approximate surface area is 133 Å². The van der Waals surface area contributed by atoms with Crippen molar-refractivity contribution in [2.75, 3.05) is 13.2 Å². The van der Waals surface area contributed by atoms with E-state index < -0.39 is 0 Å². The molecule has 3 rings (SSSR count). The van der Waals surface area contributed by atoms with Crippen molar-refractivity contribution in [3.8, 4) is 5.75 Å². The molecule has 1 N–H and O–H groups in total. The maximum absolute atomic E-state index is 11.9. The van der Waals surface area contributed by atoms with E-state index in [1.807, 2.05) is 0 Å². The number of nitrogens with zero attached hydrogens (tertiary/aromatic N) is 3. The number of amides is 1. The van der Waals surface area contributed by atoms with Gasteiger partial charge in [-0.15, -0.1) is 0 Å². The molecule has 23 heavy (non-hydrogen) atoms. The summed E-state index contributed by atoms with van der Waals surface area (Å²) in [6.07, 6.45) is 6.07. The highest BCUT2D eigenvalue weighted by atomic mass is 16.5. The van der Waals surface area contributed by atoms with Crippen LogP contribution in [0.5, 0.6) is 5.75 Å². The molecule has 0 bridgehead atoms. The van der Waals surface area contributed by atoms with Gasteiger partial charge in [0.1, 0.15) is 5.75 Å². The molecule has 2 aromatic heterocycles. The van der Waals surface area contributed by atoms with Crippen molar-refractivity contribution < 1.29 is 9.53 Å². The summed E-state index contributed by atoms with van der Waals surface area (Å²) in [5, 5.41) is 7.07. The zero-order valence-corrected chi connectivity index (χ0v) is 12.7. The molecule has 0 fully saturated rings. The molecular formula is C16H18N4O3. The van der Waals surface area contributed by atoms with Crippen LogP contribution in [0.2, 0.25) is 0 Å². The molecule has 7 heteroatoms. The second-order valence-electron chi connectivity index (χ2n) is 5.36. The Morgan fingerprint density at radius 3 is 3.13 bits per heavy atom. The van der Waals surface area contributed by atoms with Gasteiger partial charge in [0.05, 0.1) is 18.4 Å². The van der Waals surface area contributed by atoms with Gasteiger partial charge in [-0.25, -0.2) is 4.68 Å². The monoisotopic (exact) mass is 314 g/mol. The highest BCUT2D eigenvalue weighted by Crippen LogP contribution is 2.16. The summed E-state index contributed by atoms with van der Waals surface area (Å²) in [7, 11) is 0. The molecule has 0 aliphatic heterocycles. The first-order valence-corrected chi connectivity index (χ1v) is 7.62. The summed E-state index contributed by atoms with van der Waals surface area (Å²) in [5.41, 5.74) is 1.93. The van der Waals surface area contributed by atoms with Crippen LogP contribution in [0.4, 0.5) is 0 Å². The van der Waals surface area contributed by atoms with Gasteiger partial charge in [0, 0.05) is 18.8 Å². The number of rotatable bonds is 6. The highest BCUT2D eigenvalue weighted by Gasteiger charge is 2.14. The molecule has 7 nitrogen and oxygen atoms in total. The third-order valence-electron chi connectivity index (χ3n) is 3.67. The summed E-state index contributed by atoms with van der Waals surface area (Å²) in [4.78, 5) is 27.5. The van der Waals surface area contributed by atoms with Gasteiger partial charge in [-0.2, -0.15) is 5.10 Å². The Kier molecular flexibility index (Phi) is 4.65. The molecule has 2 aromatic rings. The number of carbonyl (C=O) groups excluding carboxylic acids is 1. The predicted molar refractivity (Wildman–Crippen MR) is 83.3 cm³/mol. The lowest BCUT2D eigenvalue weighted by atomic mass is 10.2. The van der Waals surface area contributed by atoms with Crippen LogP contribution in [-0.2, 0) is 24.2 Å². The van der Waals surface area contributed by atoms with Gasteiger partial charge in [-0.1, -0.05) is 0 Å². The van der Waals surface area contributed by atoms with Crippen LogP contribution in [0.15, 0.2) is 35.4 Å². The fourth-order valence-electron chi connectivity index (χ4n) is 2.53. The summed E-state index contributed by atoms with van der Waals surface area (Å²) in [6.45, 7) is 0.601. The minimum absolute atomic E-state index is 0.0851. The first-order chi connectivity index (χ1) is 11.2. The smallest absolute Gasteiger partial charge is 0.267 e. The Balaban J connectivity index is 1.46. The zero-order chi connectivity index (χ0) is 16.1. The third-order valence-corrected chi connectivity index (χ3v) is 3.67. The molecule has 1 amide bonds. The third kappa shape index (κ3) is 3.94. The number of carbonyl (C=O) groups is 1. The van der Waals surface area contributed by atoms with Crippen molar-refractivity contribution in [1.29, 1.82) is 0 Å². The Bertz CT molecular complexity index is 743. The van der Waals surface area contributed by atoms with Crippen molar-refractivity contribution in [3.63, 3.8) is 0 Å². The van der Waals surface area contributed by atoms with E-state index in [0.29, 0.717) is 18.8 Å². The number of hydrogen-bond acceptors (Lipinski definition) is 5. The quantitative estimate of drug-likeness (QED) is 0.830. The van der Waals surface area contributed by atoms with Crippen molar-refractivity contribution >= 4 is 5.91 Å². The number of nitrogens with one attached hydrogen (secondary N) is 1. The SMILES string of the molecule is O=C(COc1cccnc1)NCCn1nc2c(cc1=O)CCC2. The van der Waals surface area contributed by atoms with Crippen LogP contribution < -0.4 is 15.6 Å². The van der Waals surface area contributed by atoms with Gasteiger partial charge in [0.2, 0.25) is 0 Å². The van der Waals surface area contributed by atoms with E-state index in [4.69, 9.17) is 4.74 Å². The van der Waals surface area contributed by atoms with Crippen LogP contribution in [0.3, 0.4) is 0 Å². The molecular weight excluding hydrogens is 296 g/mol. The second-order valence-corrected chi connectivity index (χ2v) is 5.36. The maximum Gasteiger partial charge on any atom is 0.267 e. The van der Waals surface area contributed by atoms with E-state index in [1.165, 1.54) is 4.68 Å². The van der Waals surface area contributed by atoms with E-state index in [9.17, 15) is 9.59 Å². The standard InChI is InChI=1S/C16H18N4O3/c21-15(11-23-13-4-2-6-17-10-13)18-7-8-20-16(22)9-12-3-1-5-14(12)19-20/h2,4,6,9-10H,1,3,5,7-8,11H2,(H,18,21). The van der Waals surface area contributed by atoms with E-state index in [0.717, 1.165) is 30.5 Å². The summed E-state index contributed by atoms with van der Waals surface area (Å²) >= 11 is 0. The van der Waals surface area contributed by atoms with Crippen LogP contribution in [-0.4, -0.2) is 33.8 Å². The zero-order valence-electron chi connectivity index (χ0n) is 12.7. The Morgan fingerprint density at radius 1 is 1.39 bits per heavy atom. The average Bonchev–Trinajstić information content (AvgIpc) is 3.01. The number of aromatic nitrogens is 3. The van der Waals surface area contributed by atoms with Gasteiger partial charge < -0.3 is 10.1 Å². The van der Waals surface area contributed by atoms with E-state index in [2.05, 4.69) is 15.4 Å². The average molecular weight is 314 g/mol. The normalized spacial score (nSPS) is 12.7. The number of fused-ring (bicyclic) bond motifs is 1. The van der Waals surface area contributed by atoms with Gasteiger partial charge in [0.15, 0.2) is 6.61 Å². The van der Waals surface area contributed by atoms with Gasteiger partial charge >= 0.3 is 0 Å². The second kappa shape index (κ2) is 7.04. The number of ether oxygens (including phenoxy) is 1. The first kappa shape index (κ1) is 15.2. The van der Waals surface area contributed by atoms with Gasteiger partial charge in [-0.05, 0) is 37.0 Å². The van der Waals surface area contributed by atoms with E-state index in [1.54, 1.807) is 30.6 Å². The number of hydrogen-bond donors (Lipinski definition) is 1. The summed E-state index contributed by atoms with van der Waals surface area (Å²) in [6, 6.07) is 5.12. The molecule has 0 unspecified atom stereocenters. The lowest BCUT2D eigenvalue weighted by Crippen LogP contribution is -2.34. The van der Waals surface area contributed by atoms with Crippen molar-refractivity contribution in [2.24, 2.45) is 0 Å². The fourth-order valence-corrected chi connectivity index (χ4v) is 2.53. The van der Waals surface area contributed by atoms with Gasteiger partial charge in [0.25, 0.3) is 11.5 Å². The number of pyridine rings is 1. The summed E-state index contributed by atoms with van der Waals surface area (Å²) < 4.78 is 6.71. The van der Waals surface area contributed by atoms with Crippen LogP contribution >= 0.6 is 0 Å². The van der Waals surface area contributed by atoms with Gasteiger partial charge in [-0.3, -0.25) is 14.6 Å². The molecule has 0 radical (unpaired) electrons. The Morgan fingerprint density at radius 2 is 2.30 bits per heavy atom. The van der Waals surface area contributed by atoms with Crippen molar-refractivity contribution in [2.45, 2.75) is 25.8 Å². The number of aryl methyl sites for hydroxylation is 2. The predicted octanol–water partition coefficient (Wildman–Crippen LogP) is 0.322. The molecule has 2 heterocycles. The minimum Gasteiger partial charge on any atom is -0.482 e.